The van der Waals surface area contributed by atoms with E-state index < -0.39 is 10.0 Å². The molecule has 1 heterocycles. The monoisotopic (exact) mass is 206 g/mol. The Kier molecular flexibility index (Phi) is 3.70. The molecule has 2 unspecified atom stereocenters. The van der Waals surface area contributed by atoms with Crippen LogP contribution in [-0.4, -0.2) is 34.3 Å². The lowest BCUT2D eigenvalue weighted by Gasteiger charge is -2.31. The van der Waals surface area contributed by atoms with Crippen molar-refractivity contribution < 1.29 is 13.3 Å². The van der Waals surface area contributed by atoms with Gasteiger partial charge >= 0.3 is 0 Å². The third-order valence-electron chi connectivity index (χ3n) is 2.35. The van der Waals surface area contributed by atoms with Crippen LogP contribution < -0.4 is 9.62 Å². The lowest BCUT2D eigenvalue weighted by Crippen LogP contribution is -3.08. The molecular formula is C8H18N2O2S. The molecule has 1 aliphatic heterocycles. The molecule has 13 heavy (non-hydrogen) atoms. The van der Waals surface area contributed by atoms with E-state index in [0.29, 0.717) is 12.5 Å². The van der Waals surface area contributed by atoms with Gasteiger partial charge in [0.25, 0.3) is 0 Å². The first-order chi connectivity index (χ1) is 5.97. The fourth-order valence-electron chi connectivity index (χ4n) is 1.70. The van der Waals surface area contributed by atoms with Gasteiger partial charge in [-0.05, 0) is 12.8 Å². The Hall–Kier alpha value is -0.130. The van der Waals surface area contributed by atoms with Crippen molar-refractivity contribution in [2.75, 3.05) is 25.9 Å². The van der Waals surface area contributed by atoms with Crippen LogP contribution in [0.3, 0.4) is 0 Å². The quantitative estimate of drug-likeness (QED) is 0.559. The van der Waals surface area contributed by atoms with E-state index in [1.54, 1.807) is 0 Å². The summed E-state index contributed by atoms with van der Waals surface area (Å²) in [5.74, 6) is 0.455. The Bertz CT molecular complexity index is 251. The van der Waals surface area contributed by atoms with E-state index in [4.69, 9.17) is 0 Å². The summed E-state index contributed by atoms with van der Waals surface area (Å²) < 4.78 is 24.2. The molecule has 0 saturated carbocycles. The number of sulfonamides is 1. The molecule has 0 aliphatic carbocycles. The molecule has 1 aliphatic rings. The van der Waals surface area contributed by atoms with Gasteiger partial charge < -0.3 is 4.90 Å². The van der Waals surface area contributed by atoms with E-state index in [1.807, 2.05) is 0 Å². The van der Waals surface area contributed by atoms with Crippen LogP contribution in [0, 0.1) is 13.0 Å². The molecule has 2 atom stereocenters. The van der Waals surface area contributed by atoms with E-state index in [-0.39, 0.29) is 0 Å². The van der Waals surface area contributed by atoms with Gasteiger partial charge in [-0.15, -0.1) is 0 Å². The zero-order valence-corrected chi connectivity index (χ0v) is 8.86. The minimum absolute atomic E-state index is 0.455. The summed E-state index contributed by atoms with van der Waals surface area (Å²) >= 11 is 0. The van der Waals surface area contributed by atoms with Crippen LogP contribution in [0.2, 0.25) is 0 Å². The molecule has 1 rings (SSSR count). The van der Waals surface area contributed by atoms with Gasteiger partial charge in [0.15, 0.2) is 0 Å². The summed E-state index contributed by atoms with van der Waals surface area (Å²) in [7, 11) is 0.911. The Morgan fingerprint density at radius 1 is 1.62 bits per heavy atom. The third-order valence-corrected chi connectivity index (χ3v) is 3.05. The molecule has 4 nitrogen and oxygen atoms in total. The first-order valence-electron chi connectivity index (χ1n) is 4.58. The van der Waals surface area contributed by atoms with Crippen molar-refractivity contribution in [3.63, 3.8) is 0 Å². The number of hydrogen-bond donors (Lipinski definition) is 2. The number of quaternary nitrogens is 1. The van der Waals surface area contributed by atoms with Crippen LogP contribution in [0.5, 0.6) is 0 Å². The highest BCUT2D eigenvalue weighted by molar-refractivity contribution is 7.88. The zero-order valence-electron chi connectivity index (χ0n) is 8.04. The SMILES string of the molecule is [CH2-][NH+]1CCCC(CNS(C)(=O)=O)C1. The number of hydrogen-bond acceptors (Lipinski definition) is 2. The predicted molar refractivity (Wildman–Crippen MR) is 51.6 cm³/mol. The van der Waals surface area contributed by atoms with Gasteiger partial charge in [-0.1, -0.05) is 0 Å². The molecule has 0 aromatic carbocycles. The largest absolute Gasteiger partial charge is 0.468 e. The van der Waals surface area contributed by atoms with Gasteiger partial charge in [0.2, 0.25) is 10.0 Å². The Labute approximate surface area is 80.4 Å². The van der Waals surface area contributed by atoms with Crippen molar-refractivity contribution in [2.24, 2.45) is 5.92 Å². The molecular weight excluding hydrogens is 188 g/mol. The summed E-state index contributed by atoms with van der Waals surface area (Å²) in [6.07, 6.45) is 3.46. The highest BCUT2D eigenvalue weighted by Gasteiger charge is 2.18. The number of piperidine rings is 1. The molecule has 0 bridgehead atoms. The third kappa shape index (κ3) is 4.59. The molecule has 2 N–H and O–H groups in total. The minimum atomic E-state index is -3.02. The Balaban J connectivity index is 2.29. The van der Waals surface area contributed by atoms with Crippen LogP contribution in [0.1, 0.15) is 12.8 Å². The lowest BCUT2D eigenvalue weighted by atomic mass is 9.99. The zero-order chi connectivity index (χ0) is 9.90. The summed E-state index contributed by atoms with van der Waals surface area (Å²) in [4.78, 5) is 1.26. The highest BCUT2D eigenvalue weighted by atomic mass is 32.2. The van der Waals surface area contributed by atoms with Crippen LogP contribution in [-0.2, 0) is 10.0 Å². The van der Waals surface area contributed by atoms with Gasteiger partial charge in [0.05, 0.1) is 19.3 Å². The molecule has 0 radical (unpaired) electrons. The molecule has 1 fully saturated rings. The number of nitrogens with one attached hydrogen (secondary N) is 2. The van der Waals surface area contributed by atoms with Crippen LogP contribution in [0.25, 0.3) is 0 Å². The smallest absolute Gasteiger partial charge is 0.208 e. The average molecular weight is 206 g/mol. The number of likely N-dealkylation sites (tertiary alicyclic amines) is 1. The molecule has 0 amide bonds. The Morgan fingerprint density at radius 3 is 2.85 bits per heavy atom. The van der Waals surface area contributed by atoms with Gasteiger partial charge in [-0.25, -0.2) is 13.1 Å². The molecule has 5 heteroatoms. The molecule has 78 valence electrons. The predicted octanol–water partition coefficient (Wildman–Crippen LogP) is -1.38. The van der Waals surface area contributed by atoms with Crippen LogP contribution >= 0.6 is 0 Å². The summed E-state index contributed by atoms with van der Waals surface area (Å²) in [6.45, 7) is 2.65. The van der Waals surface area contributed by atoms with Crippen molar-refractivity contribution in [1.82, 2.24) is 4.72 Å². The second kappa shape index (κ2) is 4.39. The van der Waals surface area contributed by atoms with E-state index in [9.17, 15) is 8.42 Å². The molecule has 0 aromatic heterocycles. The molecule has 1 saturated heterocycles. The molecule has 0 aromatic rings. The van der Waals surface area contributed by atoms with Crippen molar-refractivity contribution in [3.05, 3.63) is 7.05 Å². The van der Waals surface area contributed by atoms with Gasteiger partial charge in [-0.2, -0.15) is 7.05 Å². The summed E-state index contributed by atoms with van der Waals surface area (Å²) in [5, 5.41) is 0. The maximum absolute atomic E-state index is 10.8. The first kappa shape index (κ1) is 10.9. The fraction of sp³-hybridized carbons (Fsp3) is 0.875. The lowest BCUT2D eigenvalue weighted by molar-refractivity contribution is -0.863. The summed E-state index contributed by atoms with van der Waals surface area (Å²) in [5.41, 5.74) is 0. The van der Waals surface area contributed by atoms with Gasteiger partial charge in [0.1, 0.15) is 0 Å². The fourth-order valence-corrected chi connectivity index (χ4v) is 2.24. The van der Waals surface area contributed by atoms with Crippen molar-refractivity contribution >= 4 is 10.0 Å². The highest BCUT2D eigenvalue weighted by Crippen LogP contribution is 2.05. The summed E-state index contributed by atoms with van der Waals surface area (Å²) in [6, 6.07) is 0. The standard InChI is InChI=1S/C8H18N2O2S/c1-10-5-3-4-8(7-10)6-9-13(2,11)12/h8-10H,1,3-7H2,2H3. The second-order valence-corrected chi connectivity index (χ2v) is 5.67. The topological polar surface area (TPSA) is 50.6 Å². The van der Waals surface area contributed by atoms with Crippen LogP contribution in [0.4, 0.5) is 0 Å². The first-order valence-corrected chi connectivity index (χ1v) is 6.48. The second-order valence-electron chi connectivity index (χ2n) is 3.83. The normalized spacial score (nSPS) is 30.3. The van der Waals surface area contributed by atoms with Crippen molar-refractivity contribution in [2.45, 2.75) is 12.8 Å². The Morgan fingerprint density at radius 2 is 2.31 bits per heavy atom. The molecule has 0 spiro atoms. The van der Waals surface area contributed by atoms with E-state index >= 15 is 0 Å². The van der Waals surface area contributed by atoms with Crippen LogP contribution in [0.15, 0.2) is 0 Å². The van der Waals surface area contributed by atoms with Gasteiger partial charge in [-0.3, -0.25) is 0 Å². The average Bonchev–Trinajstić information content (AvgIpc) is 2.00. The van der Waals surface area contributed by atoms with E-state index in [1.165, 1.54) is 11.2 Å². The van der Waals surface area contributed by atoms with Crippen molar-refractivity contribution in [3.8, 4) is 0 Å². The maximum atomic E-state index is 10.8. The van der Waals surface area contributed by atoms with E-state index in [0.717, 1.165) is 25.9 Å². The van der Waals surface area contributed by atoms with E-state index in [2.05, 4.69) is 11.8 Å². The van der Waals surface area contributed by atoms with Crippen molar-refractivity contribution in [1.29, 1.82) is 0 Å². The number of rotatable bonds is 3. The van der Waals surface area contributed by atoms with Gasteiger partial charge in [0, 0.05) is 12.5 Å². The maximum Gasteiger partial charge on any atom is 0.208 e. The minimum Gasteiger partial charge on any atom is -0.468 e.